The lowest BCUT2D eigenvalue weighted by molar-refractivity contribution is -0.141. The first-order chi connectivity index (χ1) is 9.15. The van der Waals surface area contributed by atoms with Crippen molar-refractivity contribution < 1.29 is 9.53 Å². The molecular formula is C15H19NO2S. The molecule has 0 radical (unpaired) electrons. The molecule has 0 spiro atoms. The van der Waals surface area contributed by atoms with Crippen LogP contribution in [-0.2, 0) is 16.0 Å². The number of ether oxygens (including phenoxy) is 1. The maximum Gasteiger partial charge on any atom is 0.171 e. The van der Waals surface area contributed by atoms with Gasteiger partial charge in [-0.2, -0.15) is 0 Å². The Morgan fingerprint density at radius 1 is 1.32 bits per heavy atom. The van der Waals surface area contributed by atoms with Crippen molar-refractivity contribution in [2.75, 3.05) is 7.11 Å². The van der Waals surface area contributed by atoms with Crippen LogP contribution in [0.4, 0.5) is 0 Å². The molecule has 1 aromatic heterocycles. The minimum absolute atomic E-state index is 0.124. The first-order valence-electron chi connectivity index (χ1n) is 6.58. The summed E-state index contributed by atoms with van der Waals surface area (Å²) in [5, 5.41) is 0.870. The molecule has 0 aliphatic rings. The van der Waals surface area contributed by atoms with E-state index in [0.29, 0.717) is 19.3 Å². The minimum atomic E-state index is -0.655. The second-order valence-corrected chi connectivity index (χ2v) is 5.70. The molecule has 0 saturated carbocycles. The molecule has 0 N–H and O–H groups in total. The Balaban J connectivity index is 2.22. The summed E-state index contributed by atoms with van der Waals surface area (Å²) < 4.78 is 6.60. The molecule has 0 aliphatic heterocycles. The van der Waals surface area contributed by atoms with Gasteiger partial charge in [0.1, 0.15) is 10.6 Å². The third kappa shape index (κ3) is 2.69. The lowest BCUT2D eigenvalue weighted by Crippen LogP contribution is -2.40. The standard InChI is InChI=1S/C15H19NO2S/c1-4-15(5-2,18-3)13(17)10-14-16-11-8-6-7-9-12(11)19-14/h6-9H,4-5,10H2,1-3H3. The molecule has 0 unspecified atom stereocenters. The van der Waals surface area contributed by atoms with Crippen LogP contribution in [0.3, 0.4) is 0 Å². The summed E-state index contributed by atoms with van der Waals surface area (Å²) in [6.45, 7) is 3.98. The molecule has 0 bridgehead atoms. The predicted octanol–water partition coefficient (Wildman–Crippen LogP) is 3.61. The molecule has 1 heterocycles. The van der Waals surface area contributed by atoms with Crippen LogP contribution in [-0.4, -0.2) is 23.5 Å². The summed E-state index contributed by atoms with van der Waals surface area (Å²) in [5.41, 5.74) is 0.309. The fraction of sp³-hybridized carbons (Fsp3) is 0.467. The van der Waals surface area contributed by atoms with Gasteiger partial charge in [-0.15, -0.1) is 11.3 Å². The average molecular weight is 277 g/mol. The molecule has 2 rings (SSSR count). The van der Waals surface area contributed by atoms with Gasteiger partial charge in [0, 0.05) is 7.11 Å². The van der Waals surface area contributed by atoms with Crippen LogP contribution < -0.4 is 0 Å². The third-order valence-electron chi connectivity index (χ3n) is 3.69. The Bertz CT molecular complexity index is 531. The molecule has 0 saturated heterocycles. The second-order valence-electron chi connectivity index (χ2n) is 4.58. The quantitative estimate of drug-likeness (QED) is 0.809. The number of fused-ring (bicyclic) bond motifs is 1. The highest BCUT2D eigenvalue weighted by atomic mass is 32.1. The molecule has 19 heavy (non-hydrogen) atoms. The number of carbonyl (C=O) groups excluding carboxylic acids is 1. The van der Waals surface area contributed by atoms with Gasteiger partial charge in [0.05, 0.1) is 16.6 Å². The van der Waals surface area contributed by atoms with E-state index >= 15 is 0 Å². The molecule has 3 nitrogen and oxygen atoms in total. The second kappa shape index (κ2) is 5.80. The summed E-state index contributed by atoms with van der Waals surface area (Å²) in [6, 6.07) is 7.96. The molecule has 1 aromatic carbocycles. The molecule has 0 amide bonds. The highest BCUT2D eigenvalue weighted by Gasteiger charge is 2.34. The Morgan fingerprint density at radius 2 is 2.00 bits per heavy atom. The lowest BCUT2D eigenvalue weighted by Gasteiger charge is -2.28. The molecule has 102 valence electrons. The van der Waals surface area contributed by atoms with Gasteiger partial charge in [0.25, 0.3) is 0 Å². The van der Waals surface area contributed by atoms with E-state index in [1.54, 1.807) is 18.4 Å². The van der Waals surface area contributed by atoms with Crippen LogP contribution in [0.5, 0.6) is 0 Å². The SMILES string of the molecule is CCC(CC)(OC)C(=O)Cc1nc2ccccc2s1. The largest absolute Gasteiger partial charge is 0.370 e. The van der Waals surface area contributed by atoms with Crippen LogP contribution >= 0.6 is 11.3 Å². The monoisotopic (exact) mass is 277 g/mol. The number of nitrogens with zero attached hydrogens (tertiary/aromatic N) is 1. The number of rotatable bonds is 6. The van der Waals surface area contributed by atoms with Crippen molar-refractivity contribution in [1.29, 1.82) is 0 Å². The van der Waals surface area contributed by atoms with Crippen LogP contribution in [0.25, 0.3) is 10.2 Å². The van der Waals surface area contributed by atoms with Gasteiger partial charge < -0.3 is 4.74 Å². The zero-order valence-corrected chi connectivity index (χ0v) is 12.4. The zero-order valence-electron chi connectivity index (χ0n) is 11.6. The Morgan fingerprint density at radius 3 is 2.58 bits per heavy atom. The number of aromatic nitrogens is 1. The molecule has 4 heteroatoms. The van der Waals surface area contributed by atoms with Gasteiger partial charge in [0.15, 0.2) is 5.78 Å². The van der Waals surface area contributed by atoms with Gasteiger partial charge in [-0.3, -0.25) is 4.79 Å². The number of methoxy groups -OCH3 is 1. The average Bonchev–Trinajstić information content (AvgIpc) is 2.83. The van der Waals surface area contributed by atoms with E-state index < -0.39 is 5.60 Å². The Labute approximate surface area is 117 Å². The fourth-order valence-corrected chi connectivity index (χ4v) is 3.31. The van der Waals surface area contributed by atoms with E-state index in [9.17, 15) is 4.79 Å². The normalized spacial score (nSPS) is 11.9. The topological polar surface area (TPSA) is 39.2 Å². The number of hydrogen-bond donors (Lipinski definition) is 0. The summed E-state index contributed by atoms with van der Waals surface area (Å²) >= 11 is 1.59. The van der Waals surface area contributed by atoms with Crippen LogP contribution in [0.2, 0.25) is 0 Å². The highest BCUT2D eigenvalue weighted by molar-refractivity contribution is 7.18. The third-order valence-corrected chi connectivity index (χ3v) is 4.73. The van der Waals surface area contributed by atoms with Crippen LogP contribution in [0.1, 0.15) is 31.7 Å². The van der Waals surface area contributed by atoms with Crippen molar-refractivity contribution in [1.82, 2.24) is 4.98 Å². The lowest BCUT2D eigenvalue weighted by atomic mass is 9.90. The van der Waals surface area contributed by atoms with Crippen LogP contribution in [0, 0.1) is 0 Å². The first-order valence-corrected chi connectivity index (χ1v) is 7.39. The number of para-hydroxylation sites is 1. The maximum atomic E-state index is 12.4. The summed E-state index contributed by atoms with van der Waals surface area (Å²) in [7, 11) is 1.61. The predicted molar refractivity (Wildman–Crippen MR) is 78.7 cm³/mol. The number of ketones is 1. The smallest absolute Gasteiger partial charge is 0.171 e. The van der Waals surface area contributed by atoms with Gasteiger partial charge in [0.2, 0.25) is 0 Å². The fourth-order valence-electron chi connectivity index (χ4n) is 2.34. The van der Waals surface area contributed by atoms with Crippen molar-refractivity contribution in [2.45, 2.75) is 38.7 Å². The van der Waals surface area contributed by atoms with E-state index in [1.165, 1.54) is 0 Å². The Kier molecular flexibility index (Phi) is 4.32. The van der Waals surface area contributed by atoms with E-state index in [-0.39, 0.29) is 5.78 Å². The summed E-state index contributed by atoms with van der Waals surface area (Å²) in [6.07, 6.45) is 1.75. The van der Waals surface area contributed by atoms with Gasteiger partial charge in [-0.05, 0) is 25.0 Å². The van der Waals surface area contributed by atoms with Crippen molar-refractivity contribution in [3.8, 4) is 0 Å². The van der Waals surface area contributed by atoms with Gasteiger partial charge >= 0.3 is 0 Å². The number of carbonyl (C=O) groups is 1. The number of benzene rings is 1. The summed E-state index contributed by atoms with van der Waals surface area (Å²) in [4.78, 5) is 17.0. The van der Waals surface area contributed by atoms with Gasteiger partial charge in [-0.1, -0.05) is 26.0 Å². The molecule has 2 aromatic rings. The van der Waals surface area contributed by atoms with Crippen molar-refractivity contribution >= 4 is 27.3 Å². The maximum absolute atomic E-state index is 12.4. The van der Waals surface area contributed by atoms with E-state index in [2.05, 4.69) is 4.98 Å². The molecule has 0 fully saturated rings. The number of Topliss-reactive ketones (excluding diaryl/α,β-unsaturated/α-hetero) is 1. The minimum Gasteiger partial charge on any atom is -0.370 e. The molecule has 0 atom stereocenters. The van der Waals surface area contributed by atoms with Crippen LogP contribution in [0.15, 0.2) is 24.3 Å². The van der Waals surface area contributed by atoms with E-state index in [1.807, 2.05) is 38.1 Å². The first kappa shape index (κ1) is 14.2. The van der Waals surface area contributed by atoms with Crippen molar-refractivity contribution in [3.05, 3.63) is 29.3 Å². The van der Waals surface area contributed by atoms with Gasteiger partial charge in [-0.25, -0.2) is 4.98 Å². The zero-order chi connectivity index (χ0) is 13.9. The molecular weight excluding hydrogens is 258 g/mol. The van der Waals surface area contributed by atoms with E-state index in [4.69, 9.17) is 4.74 Å². The summed E-state index contributed by atoms with van der Waals surface area (Å²) in [5.74, 6) is 0.124. The van der Waals surface area contributed by atoms with Crippen molar-refractivity contribution in [2.24, 2.45) is 0 Å². The number of thiazole rings is 1. The number of hydrogen-bond acceptors (Lipinski definition) is 4. The molecule has 0 aliphatic carbocycles. The van der Waals surface area contributed by atoms with E-state index in [0.717, 1.165) is 15.2 Å². The Hall–Kier alpha value is -1.26. The highest BCUT2D eigenvalue weighted by Crippen LogP contribution is 2.26. The van der Waals surface area contributed by atoms with Crippen molar-refractivity contribution in [3.63, 3.8) is 0 Å².